The van der Waals surface area contributed by atoms with Gasteiger partial charge in [-0.3, -0.25) is 4.79 Å². The van der Waals surface area contributed by atoms with Crippen LogP contribution >= 0.6 is 11.3 Å². The zero-order chi connectivity index (χ0) is 16.5. The minimum Gasteiger partial charge on any atom is -0.327 e. The van der Waals surface area contributed by atoms with Crippen molar-refractivity contribution in [3.05, 3.63) is 35.7 Å². The Kier molecular flexibility index (Phi) is 4.37. The largest absolute Gasteiger partial charge is 0.327 e. The molecular weight excluding hydrogens is 318 g/mol. The third kappa shape index (κ3) is 3.10. The highest BCUT2D eigenvalue weighted by Gasteiger charge is 2.40. The zero-order valence-corrected chi connectivity index (χ0v) is 14.5. The Morgan fingerprint density at radius 1 is 1.17 bits per heavy atom. The number of carbonyl (C=O) groups is 1. The predicted octanol–water partition coefficient (Wildman–Crippen LogP) is 3.90. The van der Waals surface area contributed by atoms with Crippen LogP contribution in [-0.2, 0) is 4.79 Å². The van der Waals surface area contributed by atoms with Crippen molar-refractivity contribution in [1.29, 1.82) is 0 Å². The van der Waals surface area contributed by atoms with Crippen molar-refractivity contribution >= 4 is 22.4 Å². The van der Waals surface area contributed by atoms with Crippen LogP contribution in [-0.4, -0.2) is 16.9 Å². The van der Waals surface area contributed by atoms with Crippen molar-refractivity contribution in [2.24, 2.45) is 23.5 Å². The van der Waals surface area contributed by atoms with Gasteiger partial charge in [0.2, 0.25) is 5.91 Å². The highest BCUT2D eigenvalue weighted by atomic mass is 32.1. The van der Waals surface area contributed by atoms with E-state index in [-0.39, 0.29) is 11.8 Å². The van der Waals surface area contributed by atoms with Crippen LogP contribution in [0.2, 0.25) is 0 Å². The SMILES string of the molecule is NC1C2CCCC1CC(C(=O)Nc1nc(-c3ccccc3)cs1)C2. The van der Waals surface area contributed by atoms with Gasteiger partial charge in [-0.05, 0) is 37.5 Å². The molecule has 2 atom stereocenters. The Labute approximate surface area is 146 Å². The fraction of sp³-hybridized carbons (Fsp3) is 0.474. The van der Waals surface area contributed by atoms with Crippen LogP contribution in [0.15, 0.2) is 35.7 Å². The minimum absolute atomic E-state index is 0.0872. The van der Waals surface area contributed by atoms with E-state index in [1.165, 1.54) is 30.6 Å². The molecule has 0 saturated heterocycles. The lowest BCUT2D eigenvalue weighted by Gasteiger charge is -2.43. The van der Waals surface area contributed by atoms with Gasteiger partial charge < -0.3 is 11.1 Å². The summed E-state index contributed by atoms with van der Waals surface area (Å²) in [5, 5.41) is 5.72. The van der Waals surface area contributed by atoms with Crippen LogP contribution in [0.4, 0.5) is 5.13 Å². The van der Waals surface area contributed by atoms with Crippen LogP contribution in [0.1, 0.15) is 32.1 Å². The number of nitrogens with two attached hydrogens (primary N) is 1. The first kappa shape index (κ1) is 15.8. The fourth-order valence-electron chi connectivity index (χ4n) is 4.28. The zero-order valence-electron chi connectivity index (χ0n) is 13.7. The smallest absolute Gasteiger partial charge is 0.229 e. The molecule has 0 aliphatic heterocycles. The normalized spacial score (nSPS) is 29.2. The Hall–Kier alpha value is -1.72. The number of carbonyl (C=O) groups excluding carboxylic acids is 1. The van der Waals surface area contributed by atoms with Gasteiger partial charge in [-0.25, -0.2) is 4.98 Å². The molecular formula is C19H23N3OS. The molecule has 2 unspecified atom stereocenters. The number of aromatic nitrogens is 1. The first-order valence-electron chi connectivity index (χ1n) is 8.78. The van der Waals surface area contributed by atoms with E-state index in [1.807, 2.05) is 35.7 Å². The van der Waals surface area contributed by atoms with E-state index in [0.717, 1.165) is 24.1 Å². The Morgan fingerprint density at radius 2 is 1.88 bits per heavy atom. The van der Waals surface area contributed by atoms with E-state index in [2.05, 4.69) is 10.3 Å². The molecule has 24 heavy (non-hydrogen) atoms. The first-order valence-corrected chi connectivity index (χ1v) is 9.66. The lowest BCUT2D eigenvalue weighted by molar-refractivity contribution is -0.122. The van der Waals surface area contributed by atoms with Gasteiger partial charge in [-0.2, -0.15) is 0 Å². The summed E-state index contributed by atoms with van der Waals surface area (Å²) in [5.74, 6) is 1.24. The number of hydrogen-bond donors (Lipinski definition) is 2. The molecule has 0 spiro atoms. The Morgan fingerprint density at radius 3 is 2.58 bits per heavy atom. The quantitative estimate of drug-likeness (QED) is 0.889. The number of nitrogens with zero attached hydrogens (tertiary/aromatic N) is 1. The molecule has 1 amide bonds. The average Bonchev–Trinajstić information content (AvgIpc) is 3.04. The monoisotopic (exact) mass is 341 g/mol. The summed E-state index contributed by atoms with van der Waals surface area (Å²) >= 11 is 1.49. The number of nitrogens with one attached hydrogen (secondary N) is 1. The molecule has 4 nitrogen and oxygen atoms in total. The maximum Gasteiger partial charge on any atom is 0.229 e. The molecule has 5 heteroatoms. The third-order valence-electron chi connectivity index (χ3n) is 5.59. The van der Waals surface area contributed by atoms with Crippen molar-refractivity contribution in [2.45, 2.75) is 38.1 Å². The maximum absolute atomic E-state index is 12.7. The van der Waals surface area contributed by atoms with Crippen molar-refractivity contribution < 1.29 is 4.79 Å². The van der Waals surface area contributed by atoms with Crippen molar-refractivity contribution in [2.75, 3.05) is 5.32 Å². The number of hydrogen-bond acceptors (Lipinski definition) is 4. The number of anilines is 1. The summed E-state index contributed by atoms with van der Waals surface area (Å²) in [5.41, 5.74) is 8.32. The fourth-order valence-corrected chi connectivity index (χ4v) is 5.01. The predicted molar refractivity (Wildman–Crippen MR) is 97.7 cm³/mol. The van der Waals surface area contributed by atoms with Gasteiger partial charge in [-0.1, -0.05) is 36.8 Å². The molecule has 0 radical (unpaired) electrons. The molecule has 2 aliphatic rings. The lowest BCUT2D eigenvalue weighted by Crippen LogP contribution is -2.48. The van der Waals surface area contributed by atoms with Crippen LogP contribution in [0.3, 0.4) is 0 Å². The first-order chi connectivity index (χ1) is 11.7. The van der Waals surface area contributed by atoms with Gasteiger partial charge in [0.05, 0.1) is 5.69 Å². The van der Waals surface area contributed by atoms with E-state index in [1.54, 1.807) is 0 Å². The van der Waals surface area contributed by atoms with Gasteiger partial charge in [0, 0.05) is 22.9 Å². The van der Waals surface area contributed by atoms with Crippen molar-refractivity contribution in [3.8, 4) is 11.3 Å². The number of thiazole rings is 1. The summed E-state index contributed by atoms with van der Waals surface area (Å²) in [6.45, 7) is 0. The number of fused-ring (bicyclic) bond motifs is 2. The molecule has 2 bridgehead atoms. The second-order valence-electron chi connectivity index (χ2n) is 7.09. The third-order valence-corrected chi connectivity index (χ3v) is 6.35. The van der Waals surface area contributed by atoms with E-state index < -0.39 is 0 Å². The molecule has 1 aromatic carbocycles. The van der Waals surface area contributed by atoms with Crippen molar-refractivity contribution in [3.63, 3.8) is 0 Å². The standard InChI is InChI=1S/C19H23N3OS/c20-17-13-7-4-8-14(17)10-15(9-13)18(23)22-19-21-16(11-24-19)12-5-2-1-3-6-12/h1-3,5-6,11,13-15,17H,4,7-10,20H2,(H,21,22,23). The van der Waals surface area contributed by atoms with Crippen LogP contribution in [0.25, 0.3) is 11.3 Å². The number of amides is 1. The van der Waals surface area contributed by atoms with E-state index in [9.17, 15) is 4.79 Å². The van der Waals surface area contributed by atoms with Gasteiger partial charge in [0.25, 0.3) is 0 Å². The summed E-state index contributed by atoms with van der Waals surface area (Å²) in [6, 6.07) is 10.3. The van der Waals surface area contributed by atoms with Crippen molar-refractivity contribution in [1.82, 2.24) is 4.98 Å². The number of rotatable bonds is 3. The summed E-state index contributed by atoms with van der Waals surface area (Å²) < 4.78 is 0. The van der Waals surface area contributed by atoms with Gasteiger partial charge in [0.15, 0.2) is 5.13 Å². The molecule has 2 aromatic rings. The average molecular weight is 341 g/mol. The topological polar surface area (TPSA) is 68.0 Å². The van der Waals surface area contributed by atoms with E-state index in [4.69, 9.17) is 5.73 Å². The van der Waals surface area contributed by atoms with Gasteiger partial charge in [0.1, 0.15) is 0 Å². The second-order valence-corrected chi connectivity index (χ2v) is 7.95. The molecule has 3 N–H and O–H groups in total. The van der Waals surface area contributed by atoms with E-state index in [0.29, 0.717) is 23.0 Å². The molecule has 126 valence electrons. The Balaban J connectivity index is 1.42. The second kappa shape index (κ2) is 6.65. The molecule has 1 aromatic heterocycles. The summed E-state index contributed by atoms with van der Waals surface area (Å²) in [7, 11) is 0. The van der Waals surface area contributed by atoms with Crippen LogP contribution in [0.5, 0.6) is 0 Å². The highest BCUT2D eigenvalue weighted by molar-refractivity contribution is 7.14. The lowest BCUT2D eigenvalue weighted by atomic mass is 9.65. The molecule has 2 aliphatic carbocycles. The van der Waals surface area contributed by atoms with Gasteiger partial charge in [-0.15, -0.1) is 11.3 Å². The molecule has 2 fully saturated rings. The molecule has 1 heterocycles. The molecule has 2 saturated carbocycles. The molecule has 4 rings (SSSR count). The number of benzene rings is 1. The minimum atomic E-state index is 0.0872. The Bertz CT molecular complexity index is 700. The van der Waals surface area contributed by atoms with E-state index >= 15 is 0 Å². The summed E-state index contributed by atoms with van der Waals surface area (Å²) in [4.78, 5) is 17.2. The van der Waals surface area contributed by atoms with Gasteiger partial charge >= 0.3 is 0 Å². The highest BCUT2D eigenvalue weighted by Crippen LogP contribution is 2.42. The van der Waals surface area contributed by atoms with Crippen LogP contribution < -0.4 is 11.1 Å². The summed E-state index contributed by atoms with van der Waals surface area (Å²) in [6.07, 6.45) is 5.48. The van der Waals surface area contributed by atoms with Crippen LogP contribution in [0, 0.1) is 17.8 Å². The maximum atomic E-state index is 12.7.